The molecule has 1 N–H and O–H groups in total. The number of hydrogen-bond acceptors (Lipinski definition) is 3. The van der Waals surface area contributed by atoms with Crippen LogP contribution in [0.1, 0.15) is 28.4 Å². The molecule has 1 aromatic carbocycles. The molecule has 1 atom stereocenters. The van der Waals surface area contributed by atoms with Gasteiger partial charge in [-0.05, 0) is 37.8 Å². The van der Waals surface area contributed by atoms with E-state index < -0.39 is 0 Å². The molecule has 0 saturated carbocycles. The Bertz CT molecular complexity index is 531. The van der Waals surface area contributed by atoms with Crippen LogP contribution in [0.25, 0.3) is 0 Å². The summed E-state index contributed by atoms with van der Waals surface area (Å²) in [5, 5.41) is 8.73. The molecule has 0 fully saturated rings. The highest BCUT2D eigenvalue weighted by atomic mass is 32.2. The van der Waals surface area contributed by atoms with Crippen molar-refractivity contribution in [2.45, 2.75) is 19.9 Å². The van der Waals surface area contributed by atoms with E-state index in [1.807, 2.05) is 39.3 Å². The Morgan fingerprint density at radius 2 is 2.20 bits per heavy atom. The van der Waals surface area contributed by atoms with Crippen molar-refractivity contribution < 1.29 is 9.90 Å². The first kappa shape index (κ1) is 16.6. The Balaban J connectivity index is 3.02. The van der Waals surface area contributed by atoms with Crippen LogP contribution >= 0.6 is 11.8 Å². The molecule has 0 aliphatic rings. The number of aliphatic hydroxyl groups excluding tert-OH is 1. The molecule has 108 valence electrons. The number of aliphatic hydroxyl groups is 1. The van der Waals surface area contributed by atoms with Gasteiger partial charge in [-0.3, -0.25) is 4.79 Å². The van der Waals surface area contributed by atoms with Crippen molar-refractivity contribution in [2.75, 3.05) is 25.7 Å². The van der Waals surface area contributed by atoms with Crippen molar-refractivity contribution in [3.05, 3.63) is 34.9 Å². The summed E-state index contributed by atoms with van der Waals surface area (Å²) in [4.78, 5) is 14.3. The highest BCUT2D eigenvalue weighted by Crippen LogP contribution is 2.15. The minimum Gasteiger partial charge on any atom is -0.384 e. The van der Waals surface area contributed by atoms with E-state index in [1.165, 1.54) is 0 Å². The maximum atomic E-state index is 12.5. The SMILES string of the molecule is CSCC(C)N(C)C(=O)c1cc(C#CCO)ccc1C. The molecule has 0 bridgehead atoms. The molecule has 4 heteroatoms. The molecule has 0 aliphatic carbocycles. The van der Waals surface area contributed by atoms with Gasteiger partial charge in [0.05, 0.1) is 0 Å². The molecule has 20 heavy (non-hydrogen) atoms. The largest absolute Gasteiger partial charge is 0.384 e. The predicted octanol–water partition coefficient (Wildman–Crippen LogP) is 2.16. The van der Waals surface area contributed by atoms with Crippen molar-refractivity contribution in [3.8, 4) is 11.8 Å². The molecule has 1 aromatic rings. The second kappa shape index (κ2) is 7.98. The zero-order valence-electron chi connectivity index (χ0n) is 12.4. The van der Waals surface area contributed by atoms with Crippen LogP contribution in [0.15, 0.2) is 18.2 Å². The van der Waals surface area contributed by atoms with Crippen molar-refractivity contribution >= 4 is 17.7 Å². The minimum atomic E-state index is -0.179. The quantitative estimate of drug-likeness (QED) is 0.864. The lowest BCUT2D eigenvalue weighted by Crippen LogP contribution is -2.37. The van der Waals surface area contributed by atoms with Gasteiger partial charge in [-0.25, -0.2) is 0 Å². The van der Waals surface area contributed by atoms with Crippen LogP contribution in [-0.2, 0) is 0 Å². The summed E-state index contributed by atoms with van der Waals surface area (Å²) in [6.07, 6.45) is 2.03. The lowest BCUT2D eigenvalue weighted by molar-refractivity contribution is 0.0757. The maximum Gasteiger partial charge on any atom is 0.254 e. The monoisotopic (exact) mass is 291 g/mol. The molecular weight excluding hydrogens is 270 g/mol. The lowest BCUT2D eigenvalue weighted by Gasteiger charge is -2.25. The van der Waals surface area contributed by atoms with Gasteiger partial charge in [0, 0.05) is 30.0 Å². The van der Waals surface area contributed by atoms with Crippen LogP contribution in [0.5, 0.6) is 0 Å². The maximum absolute atomic E-state index is 12.5. The number of hydrogen-bond donors (Lipinski definition) is 1. The number of carbonyl (C=O) groups excluding carboxylic acids is 1. The molecule has 0 saturated heterocycles. The number of rotatable bonds is 4. The van der Waals surface area contributed by atoms with E-state index in [-0.39, 0.29) is 18.6 Å². The first-order valence-corrected chi connectivity index (χ1v) is 7.87. The molecule has 3 nitrogen and oxygen atoms in total. The first-order valence-electron chi connectivity index (χ1n) is 6.47. The first-order chi connectivity index (χ1) is 9.51. The summed E-state index contributed by atoms with van der Waals surface area (Å²) < 4.78 is 0. The Labute approximate surface area is 125 Å². The van der Waals surface area contributed by atoms with E-state index in [4.69, 9.17) is 5.11 Å². The smallest absolute Gasteiger partial charge is 0.254 e. The summed E-state index contributed by atoms with van der Waals surface area (Å²) in [6.45, 7) is 3.78. The second-order valence-corrected chi connectivity index (χ2v) is 5.62. The standard InChI is InChI=1S/C16H21NO2S/c1-12-7-8-14(6-5-9-18)10-15(12)16(19)17(3)13(2)11-20-4/h7-8,10,13,18H,9,11H2,1-4H3. The van der Waals surface area contributed by atoms with Gasteiger partial charge in [0.2, 0.25) is 0 Å². The van der Waals surface area contributed by atoms with Gasteiger partial charge >= 0.3 is 0 Å². The third-order valence-corrected chi connectivity index (χ3v) is 3.98. The van der Waals surface area contributed by atoms with Crippen molar-refractivity contribution in [1.82, 2.24) is 4.90 Å². The molecule has 1 rings (SSSR count). The molecule has 0 spiro atoms. The fourth-order valence-corrected chi connectivity index (χ4v) is 2.52. The van der Waals surface area contributed by atoms with Crippen molar-refractivity contribution in [3.63, 3.8) is 0 Å². The minimum absolute atomic E-state index is 0.0108. The van der Waals surface area contributed by atoms with Gasteiger partial charge in [-0.15, -0.1) is 0 Å². The second-order valence-electron chi connectivity index (χ2n) is 4.71. The van der Waals surface area contributed by atoms with Crippen molar-refractivity contribution in [1.29, 1.82) is 0 Å². The average Bonchev–Trinajstić information content (AvgIpc) is 2.45. The Kier molecular flexibility index (Phi) is 6.63. The van der Waals surface area contributed by atoms with E-state index >= 15 is 0 Å². The zero-order valence-corrected chi connectivity index (χ0v) is 13.3. The average molecular weight is 291 g/mol. The van der Waals surface area contributed by atoms with Crippen LogP contribution in [0.2, 0.25) is 0 Å². The van der Waals surface area contributed by atoms with Gasteiger partial charge in [0.15, 0.2) is 0 Å². The van der Waals surface area contributed by atoms with E-state index in [1.54, 1.807) is 22.7 Å². The molecule has 0 radical (unpaired) electrons. The molecule has 0 heterocycles. The highest BCUT2D eigenvalue weighted by molar-refractivity contribution is 7.98. The van der Waals surface area contributed by atoms with E-state index in [0.717, 1.165) is 16.9 Å². The summed E-state index contributed by atoms with van der Waals surface area (Å²) in [5.74, 6) is 6.35. The Morgan fingerprint density at radius 3 is 2.80 bits per heavy atom. The summed E-state index contributed by atoms with van der Waals surface area (Å²) in [6, 6.07) is 5.73. The third kappa shape index (κ3) is 4.29. The van der Waals surface area contributed by atoms with Crippen LogP contribution in [-0.4, -0.2) is 47.6 Å². The fourth-order valence-electron chi connectivity index (χ4n) is 1.81. The van der Waals surface area contributed by atoms with Crippen LogP contribution in [0.3, 0.4) is 0 Å². The fraction of sp³-hybridized carbons (Fsp3) is 0.438. The van der Waals surface area contributed by atoms with Gasteiger partial charge in [-0.2, -0.15) is 11.8 Å². The molecule has 1 unspecified atom stereocenters. The number of thioether (sulfide) groups is 1. The molecule has 0 aromatic heterocycles. The Morgan fingerprint density at radius 1 is 1.50 bits per heavy atom. The highest BCUT2D eigenvalue weighted by Gasteiger charge is 2.18. The molecule has 1 amide bonds. The van der Waals surface area contributed by atoms with E-state index in [0.29, 0.717) is 5.56 Å². The zero-order chi connectivity index (χ0) is 15.1. The number of aryl methyl sites for hydroxylation is 1. The van der Waals surface area contributed by atoms with E-state index in [9.17, 15) is 4.79 Å². The van der Waals surface area contributed by atoms with Gasteiger partial charge < -0.3 is 10.0 Å². The van der Waals surface area contributed by atoms with Gasteiger partial charge in [0.25, 0.3) is 5.91 Å². The third-order valence-electron chi connectivity index (χ3n) is 3.17. The van der Waals surface area contributed by atoms with Gasteiger partial charge in [-0.1, -0.05) is 17.9 Å². The molecule has 0 aliphatic heterocycles. The normalized spacial score (nSPS) is 11.4. The number of nitrogens with zero attached hydrogens (tertiary/aromatic N) is 1. The van der Waals surface area contributed by atoms with Crippen LogP contribution < -0.4 is 0 Å². The lowest BCUT2D eigenvalue weighted by atomic mass is 10.0. The summed E-state index contributed by atoms with van der Waals surface area (Å²) in [7, 11) is 1.83. The summed E-state index contributed by atoms with van der Waals surface area (Å²) >= 11 is 1.73. The summed E-state index contributed by atoms with van der Waals surface area (Å²) in [5.41, 5.74) is 2.36. The number of amides is 1. The van der Waals surface area contributed by atoms with E-state index in [2.05, 4.69) is 11.8 Å². The molecular formula is C16H21NO2S. The topological polar surface area (TPSA) is 40.5 Å². The Hall–Kier alpha value is -1.44. The number of carbonyl (C=O) groups is 1. The van der Waals surface area contributed by atoms with Crippen molar-refractivity contribution in [2.24, 2.45) is 0 Å². The van der Waals surface area contributed by atoms with Crippen LogP contribution in [0, 0.1) is 18.8 Å². The number of benzene rings is 1. The van der Waals surface area contributed by atoms with Crippen LogP contribution in [0.4, 0.5) is 0 Å². The predicted molar refractivity (Wildman–Crippen MR) is 85.1 cm³/mol. The van der Waals surface area contributed by atoms with Gasteiger partial charge in [0.1, 0.15) is 6.61 Å².